The zero-order valence-electron chi connectivity index (χ0n) is 6.55. The minimum Gasteiger partial charge on any atom is -0.383 e. The van der Waals surface area contributed by atoms with Crippen LogP contribution in [0.25, 0.3) is 0 Å². The molecular formula is C9H9IN2. The van der Waals surface area contributed by atoms with Gasteiger partial charge < -0.3 is 5.32 Å². The molecule has 1 rings (SSSR count). The van der Waals surface area contributed by atoms with Crippen LogP contribution in [0.2, 0.25) is 0 Å². The first-order valence-corrected chi connectivity index (χ1v) is 4.78. The Morgan fingerprint density at radius 1 is 1.42 bits per heavy atom. The van der Waals surface area contributed by atoms with E-state index in [1.165, 1.54) is 3.57 Å². The van der Waals surface area contributed by atoms with Crippen molar-refractivity contribution in [3.05, 3.63) is 27.8 Å². The van der Waals surface area contributed by atoms with E-state index in [4.69, 9.17) is 5.26 Å². The minimum absolute atomic E-state index is 0.547. The van der Waals surface area contributed by atoms with Gasteiger partial charge in [-0.25, -0.2) is 0 Å². The summed E-state index contributed by atoms with van der Waals surface area (Å²) in [5.74, 6) is 0. The number of halogens is 1. The first kappa shape index (κ1) is 9.33. The fourth-order valence-electron chi connectivity index (χ4n) is 0.858. The Morgan fingerprint density at radius 3 is 2.83 bits per heavy atom. The van der Waals surface area contributed by atoms with Gasteiger partial charge in [0.25, 0.3) is 0 Å². The highest BCUT2D eigenvalue weighted by molar-refractivity contribution is 14.1. The van der Waals surface area contributed by atoms with Gasteiger partial charge in [-0.1, -0.05) is 12.1 Å². The van der Waals surface area contributed by atoms with Crippen molar-refractivity contribution < 1.29 is 0 Å². The van der Waals surface area contributed by atoms with Gasteiger partial charge in [0.05, 0.1) is 12.5 Å². The number of anilines is 1. The lowest BCUT2D eigenvalue weighted by Gasteiger charge is -2.04. The van der Waals surface area contributed by atoms with Crippen LogP contribution in [0.15, 0.2) is 24.3 Å². The van der Waals surface area contributed by atoms with Crippen molar-refractivity contribution in [3.63, 3.8) is 0 Å². The van der Waals surface area contributed by atoms with Crippen LogP contribution < -0.4 is 5.32 Å². The second kappa shape index (κ2) is 4.99. The van der Waals surface area contributed by atoms with Crippen molar-refractivity contribution in [2.45, 2.75) is 6.42 Å². The van der Waals surface area contributed by atoms with Crippen molar-refractivity contribution in [1.82, 2.24) is 0 Å². The first-order chi connectivity index (χ1) is 5.84. The number of hydrogen-bond donors (Lipinski definition) is 1. The van der Waals surface area contributed by atoms with Gasteiger partial charge in [-0.2, -0.15) is 5.26 Å². The predicted octanol–water partition coefficient (Wildman–Crippen LogP) is 2.62. The summed E-state index contributed by atoms with van der Waals surface area (Å²) in [4.78, 5) is 0. The Hall–Kier alpha value is -0.760. The van der Waals surface area contributed by atoms with Crippen LogP contribution >= 0.6 is 22.6 Å². The number of para-hydroxylation sites is 1. The molecule has 0 aliphatic heterocycles. The van der Waals surface area contributed by atoms with Gasteiger partial charge in [0.2, 0.25) is 0 Å². The molecule has 0 spiro atoms. The fourth-order valence-corrected chi connectivity index (χ4v) is 1.44. The highest BCUT2D eigenvalue weighted by Crippen LogP contribution is 2.16. The SMILES string of the molecule is N#CCCNc1ccccc1I. The van der Waals surface area contributed by atoms with Gasteiger partial charge in [-0.15, -0.1) is 0 Å². The molecule has 0 saturated heterocycles. The van der Waals surface area contributed by atoms with Crippen LogP contribution in [0.1, 0.15) is 6.42 Å². The normalized spacial score (nSPS) is 9.00. The summed E-state index contributed by atoms with van der Waals surface area (Å²) in [6.45, 7) is 0.719. The average molecular weight is 272 g/mol. The van der Waals surface area contributed by atoms with E-state index in [9.17, 15) is 0 Å². The average Bonchev–Trinajstić information content (AvgIpc) is 2.09. The zero-order valence-corrected chi connectivity index (χ0v) is 8.71. The molecule has 0 atom stereocenters. The maximum atomic E-state index is 8.32. The number of hydrogen-bond acceptors (Lipinski definition) is 2. The van der Waals surface area contributed by atoms with E-state index in [-0.39, 0.29) is 0 Å². The number of nitrogens with one attached hydrogen (secondary N) is 1. The van der Waals surface area contributed by atoms with E-state index in [2.05, 4.69) is 34.0 Å². The number of rotatable bonds is 3. The van der Waals surface area contributed by atoms with Crippen LogP contribution in [0.5, 0.6) is 0 Å². The summed E-state index contributed by atoms with van der Waals surface area (Å²) in [7, 11) is 0. The highest BCUT2D eigenvalue weighted by atomic mass is 127. The molecule has 1 N–H and O–H groups in total. The lowest BCUT2D eigenvalue weighted by Crippen LogP contribution is -2.01. The van der Waals surface area contributed by atoms with Crippen LogP contribution in [0.3, 0.4) is 0 Å². The van der Waals surface area contributed by atoms with Crippen LogP contribution in [-0.2, 0) is 0 Å². The molecule has 3 heteroatoms. The molecule has 0 amide bonds. The second-order valence-corrected chi connectivity index (χ2v) is 3.48. The summed E-state index contributed by atoms with van der Waals surface area (Å²) >= 11 is 2.27. The number of benzene rings is 1. The van der Waals surface area contributed by atoms with E-state index < -0.39 is 0 Å². The van der Waals surface area contributed by atoms with Gasteiger partial charge in [0, 0.05) is 15.8 Å². The van der Waals surface area contributed by atoms with Crippen molar-refractivity contribution in [1.29, 1.82) is 5.26 Å². The van der Waals surface area contributed by atoms with Gasteiger partial charge in [0.15, 0.2) is 0 Å². The fraction of sp³-hybridized carbons (Fsp3) is 0.222. The third-order valence-corrected chi connectivity index (χ3v) is 2.37. The van der Waals surface area contributed by atoms with E-state index in [0.717, 1.165) is 12.2 Å². The Balaban J connectivity index is 2.53. The maximum Gasteiger partial charge on any atom is 0.0640 e. The first-order valence-electron chi connectivity index (χ1n) is 3.70. The summed E-state index contributed by atoms with van der Waals surface area (Å²) in [6.07, 6.45) is 0.547. The van der Waals surface area contributed by atoms with Gasteiger partial charge in [0.1, 0.15) is 0 Å². The van der Waals surface area contributed by atoms with Crippen LogP contribution in [0.4, 0.5) is 5.69 Å². The minimum atomic E-state index is 0.547. The predicted molar refractivity (Wildman–Crippen MR) is 57.9 cm³/mol. The topological polar surface area (TPSA) is 35.8 Å². The molecular weight excluding hydrogens is 263 g/mol. The van der Waals surface area contributed by atoms with Crippen LogP contribution in [-0.4, -0.2) is 6.54 Å². The number of nitriles is 1. The summed E-state index contributed by atoms with van der Waals surface area (Å²) < 4.78 is 1.19. The summed E-state index contributed by atoms with van der Waals surface area (Å²) in [5.41, 5.74) is 1.10. The number of nitrogens with zero attached hydrogens (tertiary/aromatic N) is 1. The standard InChI is InChI=1S/C9H9IN2/c10-8-4-1-2-5-9(8)12-7-3-6-11/h1-2,4-5,12H,3,7H2. The molecule has 2 nitrogen and oxygen atoms in total. The van der Waals surface area contributed by atoms with E-state index in [1.54, 1.807) is 0 Å². The lowest BCUT2D eigenvalue weighted by atomic mass is 10.3. The maximum absolute atomic E-state index is 8.32. The Kier molecular flexibility index (Phi) is 3.88. The largest absolute Gasteiger partial charge is 0.383 e. The van der Waals surface area contributed by atoms with Crippen molar-refractivity contribution in [2.24, 2.45) is 0 Å². The third-order valence-electron chi connectivity index (χ3n) is 1.43. The van der Waals surface area contributed by atoms with Crippen molar-refractivity contribution in [2.75, 3.05) is 11.9 Å². The molecule has 0 heterocycles. The molecule has 0 aliphatic carbocycles. The molecule has 0 aliphatic rings. The monoisotopic (exact) mass is 272 g/mol. The molecule has 62 valence electrons. The highest BCUT2D eigenvalue weighted by Gasteiger charge is 1.94. The molecule has 0 radical (unpaired) electrons. The Labute approximate surface area is 85.7 Å². The lowest BCUT2D eigenvalue weighted by molar-refractivity contribution is 1.07. The molecule has 12 heavy (non-hydrogen) atoms. The zero-order chi connectivity index (χ0) is 8.81. The van der Waals surface area contributed by atoms with Gasteiger partial charge >= 0.3 is 0 Å². The Morgan fingerprint density at radius 2 is 2.17 bits per heavy atom. The molecule has 0 fully saturated rings. The summed E-state index contributed by atoms with van der Waals surface area (Å²) in [5, 5.41) is 11.5. The third kappa shape index (κ3) is 2.70. The van der Waals surface area contributed by atoms with E-state index >= 15 is 0 Å². The molecule has 1 aromatic carbocycles. The van der Waals surface area contributed by atoms with E-state index in [0.29, 0.717) is 6.42 Å². The Bertz CT molecular complexity index is 291. The molecule has 0 unspecified atom stereocenters. The smallest absolute Gasteiger partial charge is 0.0640 e. The molecule has 0 saturated carbocycles. The van der Waals surface area contributed by atoms with Crippen molar-refractivity contribution >= 4 is 28.3 Å². The molecule has 0 aromatic heterocycles. The second-order valence-electron chi connectivity index (χ2n) is 2.31. The van der Waals surface area contributed by atoms with Gasteiger partial charge in [-0.3, -0.25) is 0 Å². The quantitative estimate of drug-likeness (QED) is 0.678. The summed E-state index contributed by atoms with van der Waals surface area (Å²) in [6, 6.07) is 10.1. The van der Waals surface area contributed by atoms with Gasteiger partial charge in [-0.05, 0) is 34.7 Å². The molecule has 1 aromatic rings. The van der Waals surface area contributed by atoms with Crippen LogP contribution in [0, 0.1) is 14.9 Å². The van der Waals surface area contributed by atoms with E-state index in [1.807, 2.05) is 24.3 Å². The molecule has 0 bridgehead atoms. The van der Waals surface area contributed by atoms with Crippen molar-refractivity contribution in [3.8, 4) is 6.07 Å².